The summed E-state index contributed by atoms with van der Waals surface area (Å²) in [6.45, 7) is 1.60. The molecule has 1 saturated carbocycles. The summed E-state index contributed by atoms with van der Waals surface area (Å²) < 4.78 is 68.2. The second-order valence-corrected chi connectivity index (χ2v) is 11.6. The van der Waals surface area contributed by atoms with Gasteiger partial charge in [-0.25, -0.2) is 27.2 Å². The van der Waals surface area contributed by atoms with Gasteiger partial charge in [0.1, 0.15) is 11.9 Å². The highest BCUT2D eigenvalue weighted by Crippen LogP contribution is 2.39. The van der Waals surface area contributed by atoms with Crippen molar-refractivity contribution in [3.05, 3.63) is 29.5 Å². The number of rotatable bonds is 8. The fourth-order valence-corrected chi connectivity index (χ4v) is 6.36. The molecule has 0 spiro atoms. The van der Waals surface area contributed by atoms with Gasteiger partial charge in [-0.2, -0.15) is 9.98 Å². The van der Waals surface area contributed by atoms with Gasteiger partial charge >= 0.3 is 0 Å². The number of hydrogen-bond acceptors (Lipinski definition) is 10. The molecule has 1 aromatic carbocycles. The van der Waals surface area contributed by atoms with Crippen LogP contribution in [0.4, 0.5) is 8.78 Å². The molecular weight excluding hydrogens is 528 g/mol. The fourth-order valence-electron chi connectivity index (χ4n) is 4.25. The van der Waals surface area contributed by atoms with E-state index < -0.39 is 27.0 Å². The van der Waals surface area contributed by atoms with Gasteiger partial charge in [0, 0.05) is 17.9 Å². The Balaban J connectivity index is 1.52. The van der Waals surface area contributed by atoms with Crippen molar-refractivity contribution in [3.63, 3.8) is 0 Å². The number of nitrogens with zero attached hydrogens (tertiary/aromatic N) is 6. The first-order valence-electron chi connectivity index (χ1n) is 11.4. The van der Waals surface area contributed by atoms with Gasteiger partial charge in [0.2, 0.25) is 21.0 Å². The van der Waals surface area contributed by atoms with E-state index in [2.05, 4.69) is 24.9 Å². The maximum Gasteiger partial charge on any atom is 0.291 e. The third-order valence-corrected chi connectivity index (χ3v) is 8.83. The molecule has 11 nitrogen and oxygen atoms in total. The number of hydrogen-bond donors (Lipinski definition) is 1. The van der Waals surface area contributed by atoms with Gasteiger partial charge in [-0.15, -0.1) is 10.2 Å². The second-order valence-electron chi connectivity index (χ2n) is 8.96. The monoisotopic (exact) mass is 547 g/mol. The maximum absolute atomic E-state index is 13.3. The number of benzene rings is 1. The van der Waals surface area contributed by atoms with Gasteiger partial charge in [-0.1, -0.05) is 17.4 Å². The van der Waals surface area contributed by atoms with Crippen LogP contribution in [0.3, 0.4) is 0 Å². The number of ether oxygens (including phenoxy) is 2. The Bertz CT molecular complexity index is 1650. The summed E-state index contributed by atoms with van der Waals surface area (Å²) in [5.41, 5.74) is -0.466. The minimum atomic E-state index is -4.05. The van der Waals surface area contributed by atoms with Crippen LogP contribution < -0.4 is 9.46 Å². The number of aromatic nitrogens is 5. The van der Waals surface area contributed by atoms with Gasteiger partial charge in [0.05, 0.1) is 35.1 Å². The Kier molecular flexibility index (Phi) is 5.79. The predicted molar refractivity (Wildman–Crippen MR) is 127 cm³/mol. The summed E-state index contributed by atoms with van der Waals surface area (Å²) >= 11 is 0.670. The minimum absolute atomic E-state index is 0.0855. The highest BCUT2D eigenvalue weighted by molar-refractivity contribution is 7.89. The minimum Gasteiger partial charge on any atom is -0.477 e. The van der Waals surface area contributed by atoms with Crippen molar-refractivity contribution in [1.82, 2.24) is 29.5 Å². The lowest BCUT2D eigenvalue weighted by Gasteiger charge is -2.11. The van der Waals surface area contributed by atoms with Gasteiger partial charge in [0.15, 0.2) is 10.7 Å². The molecule has 1 aliphatic heterocycles. The van der Waals surface area contributed by atoms with Gasteiger partial charge < -0.3 is 9.47 Å². The highest BCUT2D eigenvalue weighted by atomic mass is 32.2. The molecule has 2 aliphatic rings. The topological polar surface area (TPSA) is 145 Å². The van der Waals surface area contributed by atoms with Crippen LogP contribution in [-0.4, -0.2) is 58.5 Å². The zero-order valence-electron chi connectivity index (χ0n) is 19.1. The van der Waals surface area contributed by atoms with Crippen LogP contribution in [0.15, 0.2) is 29.4 Å². The molecule has 192 valence electrons. The van der Waals surface area contributed by atoms with Crippen molar-refractivity contribution in [1.29, 1.82) is 5.26 Å². The number of alkyl halides is 2. The molecule has 0 radical (unpaired) electrons. The summed E-state index contributed by atoms with van der Waals surface area (Å²) in [5.74, 6) is 0.474. The summed E-state index contributed by atoms with van der Waals surface area (Å²) in [6, 6.07) is 6.39. The molecule has 3 aromatic heterocycles. The third-order valence-electron chi connectivity index (χ3n) is 6.38. The lowest BCUT2D eigenvalue weighted by molar-refractivity contribution is 0.150. The van der Waals surface area contributed by atoms with Crippen LogP contribution in [-0.2, 0) is 14.8 Å². The van der Waals surface area contributed by atoms with Crippen molar-refractivity contribution in [2.45, 2.75) is 36.1 Å². The molecule has 1 N–H and O–H groups in total. The van der Waals surface area contributed by atoms with E-state index in [1.807, 2.05) is 6.07 Å². The molecule has 0 bridgehead atoms. The molecule has 4 heterocycles. The first-order chi connectivity index (χ1) is 17.8. The Hall–Kier alpha value is -3.32. The smallest absolute Gasteiger partial charge is 0.291 e. The Labute approximate surface area is 213 Å². The predicted octanol–water partition coefficient (Wildman–Crippen LogP) is 3.11. The SMILES string of the molecule is N#CC1(NS(=O)(=O)c2ccc3c4c(OCC5CCOC5)ncnc4n(-c4nnc(C(F)F)s4)c3c2)CC1. The number of halogens is 2. The molecule has 4 aromatic rings. The Morgan fingerprint density at radius 3 is 2.84 bits per heavy atom. The van der Waals surface area contributed by atoms with Crippen LogP contribution in [0.2, 0.25) is 0 Å². The summed E-state index contributed by atoms with van der Waals surface area (Å²) in [6.07, 6.45) is 0.178. The molecule has 37 heavy (non-hydrogen) atoms. The molecule has 2 fully saturated rings. The van der Waals surface area contributed by atoms with E-state index >= 15 is 0 Å². The normalized spacial score (nSPS) is 19.0. The van der Waals surface area contributed by atoms with E-state index in [1.165, 1.54) is 23.0 Å². The van der Waals surface area contributed by atoms with Gasteiger partial charge in [-0.3, -0.25) is 4.57 Å². The molecule has 1 atom stereocenters. The zero-order chi connectivity index (χ0) is 25.8. The summed E-state index contributed by atoms with van der Waals surface area (Å²) in [7, 11) is -4.05. The van der Waals surface area contributed by atoms with E-state index in [0.29, 0.717) is 65.9 Å². The summed E-state index contributed by atoms with van der Waals surface area (Å²) in [5, 5.41) is 17.5. The standard InChI is InChI=1S/C22H19F2N7O4S2/c23-17(24)20-28-29-21(36-20)31-15-7-13(37(32,33)30-22(10-25)4-5-22)1-2-14(15)16-18(31)26-11-27-19(16)35-9-12-3-6-34-8-12/h1-2,7,11-12,17,30H,3-6,8-9H2. The van der Waals surface area contributed by atoms with Crippen LogP contribution in [0, 0.1) is 17.2 Å². The first kappa shape index (κ1) is 24.0. The van der Waals surface area contributed by atoms with Crippen molar-refractivity contribution in [2.75, 3.05) is 19.8 Å². The molecule has 1 aliphatic carbocycles. The van der Waals surface area contributed by atoms with Crippen molar-refractivity contribution < 1.29 is 26.7 Å². The molecule has 1 unspecified atom stereocenters. The van der Waals surface area contributed by atoms with Crippen LogP contribution in [0.1, 0.15) is 30.7 Å². The van der Waals surface area contributed by atoms with E-state index in [9.17, 15) is 22.5 Å². The Morgan fingerprint density at radius 2 is 2.16 bits per heavy atom. The number of nitriles is 1. The molecule has 0 amide bonds. The Morgan fingerprint density at radius 1 is 1.32 bits per heavy atom. The van der Waals surface area contributed by atoms with E-state index in [-0.39, 0.29) is 21.8 Å². The van der Waals surface area contributed by atoms with Crippen molar-refractivity contribution in [3.8, 4) is 17.1 Å². The third kappa shape index (κ3) is 4.29. The zero-order valence-corrected chi connectivity index (χ0v) is 20.7. The van der Waals surface area contributed by atoms with Crippen molar-refractivity contribution >= 4 is 43.3 Å². The number of nitrogens with one attached hydrogen (secondary N) is 1. The number of sulfonamides is 1. The lowest BCUT2D eigenvalue weighted by atomic mass is 10.1. The van der Waals surface area contributed by atoms with Crippen molar-refractivity contribution in [2.24, 2.45) is 5.92 Å². The molecular formula is C22H19F2N7O4S2. The fraction of sp³-hybridized carbons (Fsp3) is 0.409. The largest absolute Gasteiger partial charge is 0.477 e. The van der Waals surface area contributed by atoms with Crippen LogP contribution in [0.5, 0.6) is 5.88 Å². The second kappa shape index (κ2) is 8.91. The average Bonchev–Trinajstić information content (AvgIpc) is 3.27. The molecule has 15 heteroatoms. The molecule has 6 rings (SSSR count). The quantitative estimate of drug-likeness (QED) is 0.352. The highest BCUT2D eigenvalue weighted by Gasteiger charge is 2.46. The molecule has 1 saturated heterocycles. The first-order valence-corrected chi connectivity index (χ1v) is 13.7. The van der Waals surface area contributed by atoms with Gasteiger partial charge in [0.25, 0.3) is 6.43 Å². The summed E-state index contributed by atoms with van der Waals surface area (Å²) in [4.78, 5) is 8.55. The van der Waals surface area contributed by atoms with E-state index in [0.717, 1.165) is 6.42 Å². The number of fused-ring (bicyclic) bond motifs is 3. The maximum atomic E-state index is 13.3. The van der Waals surface area contributed by atoms with Crippen LogP contribution in [0.25, 0.3) is 27.1 Å². The lowest BCUT2D eigenvalue weighted by Crippen LogP contribution is -2.35. The van der Waals surface area contributed by atoms with E-state index in [4.69, 9.17) is 9.47 Å². The van der Waals surface area contributed by atoms with Gasteiger partial charge in [-0.05, 0) is 31.4 Å². The van der Waals surface area contributed by atoms with Crippen LogP contribution >= 0.6 is 11.3 Å². The average molecular weight is 548 g/mol. The van der Waals surface area contributed by atoms with E-state index in [1.54, 1.807) is 6.07 Å².